The molecule has 0 N–H and O–H groups in total. The minimum absolute atomic E-state index is 0.0487. The molecule has 0 fully saturated rings. The Balaban J connectivity index is 1.86. The van der Waals surface area contributed by atoms with Crippen molar-refractivity contribution < 1.29 is 23.8 Å². The molecular formula is C28H26N2O6S. The Bertz CT molecular complexity index is 1570. The van der Waals surface area contributed by atoms with E-state index in [9.17, 15) is 14.4 Å². The number of thiazole rings is 1. The second kappa shape index (κ2) is 11.2. The molecule has 4 rings (SSSR count). The summed E-state index contributed by atoms with van der Waals surface area (Å²) >= 11 is 1.22. The summed E-state index contributed by atoms with van der Waals surface area (Å²) in [7, 11) is 0. The van der Waals surface area contributed by atoms with Crippen molar-refractivity contribution in [2.45, 2.75) is 26.8 Å². The van der Waals surface area contributed by atoms with Gasteiger partial charge in [0.1, 0.15) is 6.61 Å². The van der Waals surface area contributed by atoms with Crippen molar-refractivity contribution in [1.82, 2.24) is 4.57 Å². The van der Waals surface area contributed by atoms with Gasteiger partial charge in [0, 0.05) is 6.92 Å². The number of allylic oxidation sites excluding steroid dienone is 1. The first-order valence-corrected chi connectivity index (χ1v) is 12.5. The number of carbonyl (C=O) groups excluding carboxylic acids is 2. The lowest BCUT2D eigenvalue weighted by molar-refractivity contribution is -0.138. The zero-order chi connectivity index (χ0) is 26.5. The summed E-state index contributed by atoms with van der Waals surface area (Å²) in [6, 6.07) is 13.7. The van der Waals surface area contributed by atoms with Gasteiger partial charge in [-0.3, -0.25) is 14.2 Å². The van der Waals surface area contributed by atoms with E-state index in [2.05, 4.69) is 11.6 Å². The van der Waals surface area contributed by atoms with Crippen molar-refractivity contribution in [1.29, 1.82) is 0 Å². The number of fused-ring (bicyclic) bond motifs is 1. The molecule has 3 aromatic rings. The van der Waals surface area contributed by atoms with Crippen LogP contribution in [0.2, 0.25) is 0 Å². The van der Waals surface area contributed by atoms with Gasteiger partial charge in [0.15, 0.2) is 16.3 Å². The number of ether oxygens (including phenoxy) is 3. The molecule has 0 amide bonds. The maximum absolute atomic E-state index is 13.7. The van der Waals surface area contributed by atoms with Crippen LogP contribution in [0.15, 0.2) is 82.2 Å². The van der Waals surface area contributed by atoms with Crippen molar-refractivity contribution in [3.8, 4) is 11.5 Å². The van der Waals surface area contributed by atoms with Gasteiger partial charge in [0.2, 0.25) is 0 Å². The normalized spacial score (nSPS) is 15.0. The maximum atomic E-state index is 13.7. The summed E-state index contributed by atoms with van der Waals surface area (Å²) in [6.45, 7) is 8.90. The van der Waals surface area contributed by atoms with E-state index in [1.807, 2.05) is 37.3 Å². The number of rotatable bonds is 8. The fourth-order valence-corrected chi connectivity index (χ4v) is 5.07. The highest BCUT2D eigenvalue weighted by Gasteiger charge is 2.33. The number of carbonyl (C=O) groups is 2. The molecule has 8 nitrogen and oxygen atoms in total. The smallest absolute Gasteiger partial charge is 0.338 e. The second-order valence-electron chi connectivity index (χ2n) is 8.11. The molecule has 1 aromatic heterocycles. The maximum Gasteiger partial charge on any atom is 0.338 e. The predicted octanol–water partition coefficient (Wildman–Crippen LogP) is 3.29. The minimum atomic E-state index is -0.692. The molecule has 0 saturated carbocycles. The Morgan fingerprint density at radius 2 is 1.92 bits per heavy atom. The quantitative estimate of drug-likeness (QED) is 0.258. The fraction of sp³-hybridized carbons (Fsp3) is 0.214. The van der Waals surface area contributed by atoms with Crippen molar-refractivity contribution in [2.24, 2.45) is 4.99 Å². The average molecular weight is 519 g/mol. The molecule has 2 aromatic carbocycles. The van der Waals surface area contributed by atoms with Crippen molar-refractivity contribution in [3.63, 3.8) is 0 Å². The third-order valence-electron chi connectivity index (χ3n) is 5.51. The Morgan fingerprint density at radius 1 is 1.16 bits per heavy atom. The first-order chi connectivity index (χ1) is 17.8. The van der Waals surface area contributed by atoms with Gasteiger partial charge in [0.25, 0.3) is 5.56 Å². The highest BCUT2D eigenvalue weighted by atomic mass is 32.1. The van der Waals surface area contributed by atoms with Crippen LogP contribution in [0.4, 0.5) is 0 Å². The number of hydrogen-bond donors (Lipinski definition) is 0. The first-order valence-electron chi connectivity index (χ1n) is 11.6. The zero-order valence-corrected chi connectivity index (χ0v) is 21.5. The zero-order valence-electron chi connectivity index (χ0n) is 20.7. The van der Waals surface area contributed by atoms with Crippen molar-refractivity contribution in [2.75, 3.05) is 13.2 Å². The predicted molar refractivity (Wildman–Crippen MR) is 140 cm³/mol. The highest BCUT2D eigenvalue weighted by Crippen LogP contribution is 2.31. The average Bonchev–Trinajstić information content (AvgIpc) is 3.17. The molecule has 37 heavy (non-hydrogen) atoms. The van der Waals surface area contributed by atoms with Crippen LogP contribution in [0.5, 0.6) is 11.5 Å². The van der Waals surface area contributed by atoms with Gasteiger partial charge in [0.05, 0.1) is 28.5 Å². The largest absolute Gasteiger partial charge is 0.490 e. The van der Waals surface area contributed by atoms with Crippen LogP contribution in [0, 0.1) is 0 Å². The molecule has 1 atom stereocenters. The standard InChI is InChI=1S/C28H26N2O6S/c1-5-14-35-27(33)24-17(3)29-28-30(25(24)20-10-8-7-9-11-20)26(32)23(37-28)16-19-12-13-21(36-18(4)31)22(15-19)34-6-2/h5,7-13,15-16,25H,1,6,14H2,2-4H3/b23-16+/t25-/m1/s1. The summed E-state index contributed by atoms with van der Waals surface area (Å²) in [5.41, 5.74) is 1.94. The van der Waals surface area contributed by atoms with E-state index in [1.54, 1.807) is 31.2 Å². The third-order valence-corrected chi connectivity index (χ3v) is 6.49. The van der Waals surface area contributed by atoms with E-state index in [0.717, 1.165) is 5.56 Å². The van der Waals surface area contributed by atoms with Gasteiger partial charge in [-0.2, -0.15) is 0 Å². The van der Waals surface area contributed by atoms with Gasteiger partial charge in [-0.25, -0.2) is 9.79 Å². The lowest BCUT2D eigenvalue weighted by Gasteiger charge is -2.24. The van der Waals surface area contributed by atoms with Crippen LogP contribution in [-0.2, 0) is 14.3 Å². The van der Waals surface area contributed by atoms with Crippen LogP contribution in [0.1, 0.15) is 37.9 Å². The molecule has 0 saturated heterocycles. The minimum Gasteiger partial charge on any atom is -0.490 e. The Morgan fingerprint density at radius 3 is 2.59 bits per heavy atom. The number of hydrogen-bond acceptors (Lipinski definition) is 8. The number of esters is 2. The SMILES string of the molecule is C=CCOC(=O)C1=C(C)N=c2s/c(=C/c3ccc(OC(C)=O)c(OCC)c3)c(=O)n2[C@@H]1c1ccccc1. The van der Waals surface area contributed by atoms with E-state index in [4.69, 9.17) is 14.2 Å². The molecule has 0 bridgehead atoms. The summed E-state index contributed by atoms with van der Waals surface area (Å²) < 4.78 is 18.1. The number of nitrogens with zero attached hydrogens (tertiary/aromatic N) is 2. The molecule has 190 valence electrons. The molecule has 0 aliphatic carbocycles. The molecule has 1 aliphatic rings. The van der Waals surface area contributed by atoms with E-state index in [-0.39, 0.29) is 12.2 Å². The molecule has 9 heteroatoms. The molecule has 0 radical (unpaired) electrons. The summed E-state index contributed by atoms with van der Waals surface area (Å²) in [5, 5.41) is 0. The van der Waals surface area contributed by atoms with Crippen LogP contribution in [0.3, 0.4) is 0 Å². The first kappa shape index (κ1) is 25.8. The molecule has 0 unspecified atom stereocenters. The monoisotopic (exact) mass is 518 g/mol. The van der Waals surface area contributed by atoms with Crippen molar-refractivity contribution in [3.05, 3.63) is 103 Å². The summed E-state index contributed by atoms with van der Waals surface area (Å²) in [6.07, 6.45) is 3.21. The van der Waals surface area contributed by atoms with Gasteiger partial charge in [-0.05, 0) is 43.2 Å². The van der Waals surface area contributed by atoms with Crippen LogP contribution < -0.4 is 24.4 Å². The van der Waals surface area contributed by atoms with Gasteiger partial charge < -0.3 is 14.2 Å². The van der Waals surface area contributed by atoms with E-state index < -0.39 is 18.0 Å². The van der Waals surface area contributed by atoms with Crippen LogP contribution >= 0.6 is 11.3 Å². The molecular weight excluding hydrogens is 492 g/mol. The Hall–Kier alpha value is -4.24. The van der Waals surface area contributed by atoms with Crippen LogP contribution in [0.25, 0.3) is 6.08 Å². The molecule has 0 spiro atoms. The summed E-state index contributed by atoms with van der Waals surface area (Å²) in [4.78, 5) is 43.2. The Labute approximate surface area is 217 Å². The number of aromatic nitrogens is 1. The molecule has 1 aliphatic heterocycles. The highest BCUT2D eigenvalue weighted by molar-refractivity contribution is 7.07. The molecule has 2 heterocycles. The number of benzene rings is 2. The second-order valence-corrected chi connectivity index (χ2v) is 9.12. The van der Waals surface area contributed by atoms with Crippen LogP contribution in [-0.4, -0.2) is 29.7 Å². The van der Waals surface area contributed by atoms with Gasteiger partial charge >= 0.3 is 11.9 Å². The lowest BCUT2D eigenvalue weighted by atomic mass is 9.96. The van der Waals surface area contributed by atoms with E-state index >= 15 is 0 Å². The van der Waals surface area contributed by atoms with E-state index in [0.29, 0.717) is 44.3 Å². The fourth-order valence-electron chi connectivity index (χ4n) is 4.02. The van der Waals surface area contributed by atoms with Crippen molar-refractivity contribution >= 4 is 29.4 Å². The van der Waals surface area contributed by atoms with Gasteiger partial charge in [-0.1, -0.05) is 60.4 Å². The topological polar surface area (TPSA) is 96.2 Å². The van der Waals surface area contributed by atoms with E-state index in [1.165, 1.54) is 28.9 Å². The lowest BCUT2D eigenvalue weighted by Crippen LogP contribution is -2.39. The summed E-state index contributed by atoms with van der Waals surface area (Å²) in [5.74, 6) is -0.313. The van der Waals surface area contributed by atoms with Gasteiger partial charge in [-0.15, -0.1) is 0 Å². The third kappa shape index (κ3) is 5.46. The Kier molecular flexibility index (Phi) is 7.83.